The molecule has 0 aromatic carbocycles. The van der Waals surface area contributed by atoms with Crippen LogP contribution < -0.4 is 0 Å². The molecule has 0 aliphatic carbocycles. The molecule has 0 aromatic rings. The van der Waals surface area contributed by atoms with Gasteiger partial charge in [-0.25, -0.2) is 0 Å². The maximum atomic E-state index is 7.74. The first-order valence-electron chi connectivity index (χ1n) is 1.08. The Kier molecular flexibility index (Phi) is 16.6. The van der Waals surface area contributed by atoms with Crippen molar-refractivity contribution in [2.45, 2.75) is 0 Å². The van der Waals surface area contributed by atoms with Gasteiger partial charge in [-0.1, -0.05) is 0 Å². The number of aliphatic hydroxyl groups excluding tert-OH is 1. The van der Waals surface area contributed by atoms with E-state index in [1.807, 2.05) is 0 Å². The third kappa shape index (κ3) is 11.3. The maximum Gasteiger partial charge on any atom is 0.0566 e. The van der Waals surface area contributed by atoms with Gasteiger partial charge in [0.2, 0.25) is 0 Å². The SMILES string of the molecule is OCCCl.[Ti]. The fraction of sp³-hybridized carbons (Fsp3) is 1.00. The average Bonchev–Trinajstić information content (AvgIpc) is 1.37. The molecular formula is C2H5ClOTi. The molecule has 30 valence electrons. The summed E-state index contributed by atoms with van der Waals surface area (Å²) in [6.07, 6.45) is 0. The summed E-state index contributed by atoms with van der Waals surface area (Å²) in [6, 6.07) is 0. The van der Waals surface area contributed by atoms with Gasteiger partial charge in [0, 0.05) is 27.6 Å². The van der Waals surface area contributed by atoms with Crippen LogP contribution in [0.5, 0.6) is 0 Å². The molecule has 0 saturated carbocycles. The summed E-state index contributed by atoms with van der Waals surface area (Å²) in [4.78, 5) is 0. The Labute approximate surface area is 51.2 Å². The summed E-state index contributed by atoms with van der Waals surface area (Å²) in [5.74, 6) is 0.347. The van der Waals surface area contributed by atoms with Gasteiger partial charge in [-0.15, -0.1) is 11.6 Å². The third-order valence-corrected chi connectivity index (χ3v) is 0.254. The maximum absolute atomic E-state index is 7.74. The molecular weight excluding hydrogens is 123 g/mol. The standard InChI is InChI=1S/C2H5ClO.Ti/c3-1-2-4;/h4H,1-2H2;. The van der Waals surface area contributed by atoms with Gasteiger partial charge in [-0.05, 0) is 0 Å². The van der Waals surface area contributed by atoms with Gasteiger partial charge in [-0.3, -0.25) is 0 Å². The van der Waals surface area contributed by atoms with E-state index in [-0.39, 0.29) is 28.3 Å². The molecule has 0 fully saturated rings. The van der Waals surface area contributed by atoms with E-state index in [4.69, 9.17) is 16.7 Å². The molecule has 0 amide bonds. The fourth-order valence-corrected chi connectivity index (χ4v) is 0. The van der Waals surface area contributed by atoms with Gasteiger partial charge in [0.25, 0.3) is 0 Å². The van der Waals surface area contributed by atoms with Crippen molar-refractivity contribution in [1.82, 2.24) is 0 Å². The van der Waals surface area contributed by atoms with Crippen LogP contribution in [-0.2, 0) is 21.7 Å². The van der Waals surface area contributed by atoms with Gasteiger partial charge in [-0.2, -0.15) is 0 Å². The molecule has 0 saturated heterocycles. The van der Waals surface area contributed by atoms with Crippen molar-refractivity contribution in [3.8, 4) is 0 Å². The van der Waals surface area contributed by atoms with Crippen molar-refractivity contribution in [3.63, 3.8) is 0 Å². The fourth-order valence-electron chi connectivity index (χ4n) is 0. The molecule has 0 rings (SSSR count). The van der Waals surface area contributed by atoms with E-state index in [2.05, 4.69) is 0 Å². The summed E-state index contributed by atoms with van der Waals surface area (Å²) in [6.45, 7) is 0.0849. The summed E-state index contributed by atoms with van der Waals surface area (Å²) in [5.41, 5.74) is 0. The molecule has 3 heteroatoms. The smallest absolute Gasteiger partial charge is 0.0566 e. The van der Waals surface area contributed by atoms with E-state index in [1.165, 1.54) is 0 Å². The van der Waals surface area contributed by atoms with Crippen LogP contribution in [0.25, 0.3) is 0 Å². The normalized spacial score (nSPS) is 6.00. The van der Waals surface area contributed by atoms with Crippen molar-refractivity contribution in [3.05, 3.63) is 0 Å². The number of hydrogen-bond acceptors (Lipinski definition) is 1. The molecule has 0 radical (unpaired) electrons. The number of alkyl halides is 1. The summed E-state index contributed by atoms with van der Waals surface area (Å²) in [7, 11) is 0. The quantitative estimate of drug-likeness (QED) is 0.395. The van der Waals surface area contributed by atoms with Gasteiger partial charge in [0.05, 0.1) is 6.61 Å². The molecule has 5 heavy (non-hydrogen) atoms. The number of aliphatic hydroxyl groups is 1. The Balaban J connectivity index is 0. The Morgan fingerprint density at radius 1 is 1.60 bits per heavy atom. The average molecular weight is 128 g/mol. The Hall–Kier alpha value is 0.964. The van der Waals surface area contributed by atoms with E-state index in [1.54, 1.807) is 0 Å². The number of hydrogen-bond donors (Lipinski definition) is 1. The van der Waals surface area contributed by atoms with Crippen LogP contribution in [0.3, 0.4) is 0 Å². The second-order valence-electron chi connectivity index (χ2n) is 0.413. The molecule has 0 unspecified atom stereocenters. The first-order valence-corrected chi connectivity index (χ1v) is 1.62. The van der Waals surface area contributed by atoms with Crippen molar-refractivity contribution in [2.24, 2.45) is 0 Å². The van der Waals surface area contributed by atoms with Crippen LogP contribution in [0, 0.1) is 0 Å². The zero-order valence-electron chi connectivity index (χ0n) is 2.74. The van der Waals surface area contributed by atoms with E-state index in [9.17, 15) is 0 Å². The molecule has 0 aliphatic rings. The van der Waals surface area contributed by atoms with Crippen LogP contribution in [0.15, 0.2) is 0 Å². The minimum Gasteiger partial charge on any atom is -0.395 e. The van der Waals surface area contributed by atoms with E-state index < -0.39 is 0 Å². The molecule has 0 heterocycles. The van der Waals surface area contributed by atoms with Crippen LogP contribution in [-0.4, -0.2) is 17.6 Å². The molecule has 0 aliphatic heterocycles. The predicted octanol–water partition coefficient (Wildman–Crippen LogP) is 0.215. The third-order valence-electron chi connectivity index (χ3n) is 0.0845. The van der Waals surface area contributed by atoms with Crippen molar-refractivity contribution in [1.29, 1.82) is 0 Å². The molecule has 0 aromatic heterocycles. The van der Waals surface area contributed by atoms with Gasteiger partial charge in [0.15, 0.2) is 0 Å². The van der Waals surface area contributed by atoms with Crippen molar-refractivity contribution in [2.75, 3.05) is 12.5 Å². The summed E-state index contributed by atoms with van der Waals surface area (Å²) in [5, 5.41) is 7.74. The minimum atomic E-state index is 0. The zero-order valence-corrected chi connectivity index (χ0v) is 5.06. The van der Waals surface area contributed by atoms with E-state index in [0.717, 1.165) is 0 Å². The molecule has 1 N–H and O–H groups in total. The Bertz CT molecular complexity index is 11.6. The number of rotatable bonds is 1. The van der Waals surface area contributed by atoms with Crippen LogP contribution in [0.1, 0.15) is 0 Å². The topological polar surface area (TPSA) is 20.2 Å². The first-order chi connectivity index (χ1) is 1.91. The molecule has 1 nitrogen and oxygen atoms in total. The minimum absolute atomic E-state index is 0. The van der Waals surface area contributed by atoms with Crippen molar-refractivity contribution < 1.29 is 26.8 Å². The second-order valence-corrected chi connectivity index (χ2v) is 0.791. The Morgan fingerprint density at radius 2 is 1.80 bits per heavy atom. The number of halogens is 1. The molecule has 0 bridgehead atoms. The molecule has 0 atom stereocenters. The van der Waals surface area contributed by atoms with Crippen LogP contribution >= 0.6 is 11.6 Å². The first kappa shape index (κ1) is 9.35. The van der Waals surface area contributed by atoms with Gasteiger partial charge >= 0.3 is 0 Å². The second kappa shape index (κ2) is 8.88. The monoisotopic (exact) mass is 128 g/mol. The van der Waals surface area contributed by atoms with Gasteiger partial charge in [0.1, 0.15) is 0 Å². The van der Waals surface area contributed by atoms with E-state index in [0.29, 0.717) is 5.88 Å². The van der Waals surface area contributed by atoms with Crippen LogP contribution in [0.4, 0.5) is 0 Å². The molecule has 0 spiro atoms. The van der Waals surface area contributed by atoms with Crippen LogP contribution in [0.2, 0.25) is 0 Å². The largest absolute Gasteiger partial charge is 0.395 e. The van der Waals surface area contributed by atoms with Crippen molar-refractivity contribution >= 4 is 11.6 Å². The predicted molar refractivity (Wildman–Crippen MR) is 17.8 cm³/mol. The summed E-state index contributed by atoms with van der Waals surface area (Å²) < 4.78 is 0. The zero-order chi connectivity index (χ0) is 3.41. The Morgan fingerprint density at radius 3 is 1.80 bits per heavy atom. The summed E-state index contributed by atoms with van der Waals surface area (Å²) >= 11 is 4.94. The van der Waals surface area contributed by atoms with E-state index >= 15 is 0 Å². The van der Waals surface area contributed by atoms with Gasteiger partial charge < -0.3 is 5.11 Å².